The molecule has 10 heteroatoms. The number of carbonyl (C=O) groups is 4. The number of carboxylic acids is 1. The lowest BCUT2D eigenvalue weighted by molar-refractivity contribution is -0.142. The predicted molar refractivity (Wildman–Crippen MR) is 136 cm³/mol. The molecule has 2 amide bonds. The first-order chi connectivity index (χ1) is 16.7. The fraction of sp³-hybridized carbons (Fsp3) is 0.385. The van der Waals surface area contributed by atoms with Crippen molar-refractivity contribution in [1.29, 1.82) is 0 Å². The van der Waals surface area contributed by atoms with Crippen molar-refractivity contribution in [3.05, 3.63) is 71.8 Å². The van der Waals surface area contributed by atoms with Crippen molar-refractivity contribution < 1.29 is 46.0 Å². The number of hydrogen-bond donors (Lipinski definition) is 3. The predicted octanol–water partition coefficient (Wildman–Crippen LogP) is -0.633. The zero-order valence-corrected chi connectivity index (χ0v) is 22.8. The van der Waals surface area contributed by atoms with E-state index in [2.05, 4.69) is 10.6 Å². The van der Waals surface area contributed by atoms with E-state index >= 15 is 0 Å². The second-order valence-corrected chi connectivity index (χ2v) is 10.6. The number of aliphatic carboxylic acids is 1. The number of benzene rings is 2. The highest BCUT2D eigenvalue weighted by Crippen LogP contribution is 2.07. The molecule has 0 bridgehead atoms. The van der Waals surface area contributed by atoms with E-state index in [9.17, 15) is 24.3 Å². The average molecular weight is 582 g/mol. The molecule has 0 radical (unpaired) electrons. The van der Waals surface area contributed by atoms with Crippen LogP contribution >= 0.6 is 0 Å². The van der Waals surface area contributed by atoms with E-state index in [1.165, 1.54) is 0 Å². The maximum Gasteiger partial charge on any atom is 0.407 e. The SMILES string of the molecule is C[S+](C)CC(=O)CC[C@H](NC(=O)[C@H](Cc1ccccc1)NC(=O)OCCc1ccccc1)C(=O)O.[Br-]. The van der Waals surface area contributed by atoms with E-state index in [4.69, 9.17) is 4.74 Å². The van der Waals surface area contributed by atoms with Crippen LogP contribution in [0.5, 0.6) is 0 Å². The van der Waals surface area contributed by atoms with Crippen molar-refractivity contribution >= 4 is 34.6 Å². The van der Waals surface area contributed by atoms with Gasteiger partial charge in [-0.2, -0.15) is 0 Å². The normalized spacial score (nSPS) is 12.1. The Labute approximate surface area is 225 Å². The summed E-state index contributed by atoms with van der Waals surface area (Å²) >= 11 is 0. The Morgan fingerprint density at radius 2 is 1.47 bits per heavy atom. The summed E-state index contributed by atoms with van der Waals surface area (Å²) in [5, 5.41) is 14.6. The lowest BCUT2D eigenvalue weighted by atomic mass is 10.0. The lowest BCUT2D eigenvalue weighted by Crippen LogP contribution is -3.00. The van der Waals surface area contributed by atoms with Gasteiger partial charge in [-0.05, 0) is 28.4 Å². The number of carboxylic acid groups (broad SMARTS) is 1. The number of carbonyl (C=O) groups excluding carboxylic acids is 3. The molecule has 0 saturated heterocycles. The third-order valence-electron chi connectivity index (χ3n) is 5.13. The van der Waals surface area contributed by atoms with Crippen molar-refractivity contribution in [3.8, 4) is 0 Å². The highest BCUT2D eigenvalue weighted by molar-refractivity contribution is 7.96. The molecule has 0 fully saturated rings. The van der Waals surface area contributed by atoms with Crippen molar-refractivity contribution in [2.24, 2.45) is 0 Å². The first kappa shape index (κ1) is 31.2. The molecule has 0 unspecified atom stereocenters. The van der Waals surface area contributed by atoms with Crippen molar-refractivity contribution in [3.63, 3.8) is 0 Å². The van der Waals surface area contributed by atoms with Crippen LogP contribution in [0.15, 0.2) is 60.7 Å². The van der Waals surface area contributed by atoms with Crippen LogP contribution in [-0.4, -0.2) is 65.8 Å². The second-order valence-electron chi connectivity index (χ2n) is 8.36. The molecule has 2 atom stereocenters. The molecule has 0 aliphatic carbocycles. The van der Waals surface area contributed by atoms with Gasteiger partial charge in [-0.3, -0.25) is 9.59 Å². The molecule has 0 aliphatic heterocycles. The van der Waals surface area contributed by atoms with Gasteiger partial charge in [0.05, 0.1) is 19.1 Å². The van der Waals surface area contributed by atoms with E-state index in [0.29, 0.717) is 12.2 Å². The van der Waals surface area contributed by atoms with Gasteiger partial charge in [-0.15, -0.1) is 0 Å². The maximum atomic E-state index is 13.0. The zero-order valence-electron chi connectivity index (χ0n) is 20.4. The standard InChI is InChI=1S/C26H32N2O6S.BrH/c1-35(2)18-21(29)13-14-22(25(31)32)27-24(30)23(17-20-11-7-4-8-12-20)28-26(33)34-16-15-19-9-5-3-6-10-19;/h3-12,22-23H,13-18H2,1-2H3,(H2-,27,28,30,31,32,33);1H/t22-,23-;/m0./s1. The summed E-state index contributed by atoms with van der Waals surface area (Å²) in [7, 11) is -0.0796. The fourth-order valence-corrected chi connectivity index (χ4v) is 4.17. The highest BCUT2D eigenvalue weighted by atomic mass is 79.9. The molecule has 196 valence electrons. The fourth-order valence-electron chi connectivity index (χ4n) is 3.38. The zero-order chi connectivity index (χ0) is 25.6. The van der Waals surface area contributed by atoms with Gasteiger partial charge in [0.15, 0.2) is 11.5 Å². The van der Waals surface area contributed by atoms with E-state index in [1.807, 2.05) is 73.2 Å². The van der Waals surface area contributed by atoms with E-state index in [1.54, 1.807) is 0 Å². The Morgan fingerprint density at radius 3 is 2.03 bits per heavy atom. The second kappa shape index (κ2) is 16.8. The minimum atomic E-state index is -1.24. The Bertz CT molecular complexity index is 975. The Hall–Kier alpha value is -2.85. The number of hydrogen-bond acceptors (Lipinski definition) is 5. The molecule has 0 saturated carbocycles. The molecule has 2 aromatic rings. The van der Waals surface area contributed by atoms with Crippen LogP contribution in [0.4, 0.5) is 4.79 Å². The molecule has 8 nitrogen and oxygen atoms in total. The van der Waals surface area contributed by atoms with Crippen molar-refractivity contribution in [2.45, 2.75) is 37.8 Å². The summed E-state index contributed by atoms with van der Waals surface area (Å²) in [5.41, 5.74) is 1.80. The molecular weight excluding hydrogens is 548 g/mol. The van der Waals surface area contributed by atoms with Gasteiger partial charge >= 0.3 is 12.1 Å². The van der Waals surface area contributed by atoms with Crippen LogP contribution in [0.1, 0.15) is 24.0 Å². The third kappa shape index (κ3) is 12.2. The molecule has 36 heavy (non-hydrogen) atoms. The summed E-state index contributed by atoms with van der Waals surface area (Å²) in [5.74, 6) is -1.55. The van der Waals surface area contributed by atoms with Gasteiger partial charge in [-0.25, -0.2) is 9.59 Å². The van der Waals surface area contributed by atoms with Gasteiger partial charge < -0.3 is 37.5 Å². The number of Topliss-reactive ketones (excluding diaryl/α,β-unsaturated/α-hetero) is 1. The first-order valence-corrected chi connectivity index (χ1v) is 13.6. The summed E-state index contributed by atoms with van der Waals surface area (Å²) in [6, 6.07) is 16.3. The first-order valence-electron chi connectivity index (χ1n) is 11.3. The lowest BCUT2D eigenvalue weighted by Gasteiger charge is -2.21. The van der Waals surface area contributed by atoms with Crippen LogP contribution in [0, 0.1) is 0 Å². The van der Waals surface area contributed by atoms with E-state index in [0.717, 1.165) is 11.1 Å². The molecule has 0 aliphatic rings. The van der Waals surface area contributed by atoms with Gasteiger partial charge in [0.25, 0.3) is 0 Å². The summed E-state index contributed by atoms with van der Waals surface area (Å²) in [4.78, 5) is 49.1. The number of ketones is 1. The van der Waals surface area contributed by atoms with Crippen LogP contribution in [0.2, 0.25) is 0 Å². The Morgan fingerprint density at radius 1 is 0.889 bits per heavy atom. The molecule has 0 heterocycles. The maximum absolute atomic E-state index is 13.0. The summed E-state index contributed by atoms with van der Waals surface area (Å²) in [6.07, 6.45) is 3.82. The van der Waals surface area contributed by atoms with Gasteiger partial charge in [0.1, 0.15) is 12.1 Å². The van der Waals surface area contributed by atoms with Crippen molar-refractivity contribution in [1.82, 2.24) is 10.6 Å². The summed E-state index contributed by atoms with van der Waals surface area (Å²) in [6.45, 7) is 0.131. The van der Waals surface area contributed by atoms with Crippen LogP contribution in [-0.2, 0) is 42.9 Å². The largest absolute Gasteiger partial charge is 1.00 e. The molecule has 0 spiro atoms. The van der Waals surface area contributed by atoms with E-state index in [-0.39, 0.29) is 59.5 Å². The van der Waals surface area contributed by atoms with Gasteiger partial charge in [-0.1, -0.05) is 60.7 Å². The Kier molecular flexibility index (Phi) is 14.5. The summed E-state index contributed by atoms with van der Waals surface area (Å²) < 4.78 is 5.24. The number of nitrogens with one attached hydrogen (secondary N) is 2. The monoisotopic (exact) mass is 580 g/mol. The molecule has 2 rings (SSSR count). The molecule has 3 N–H and O–H groups in total. The average Bonchev–Trinajstić information content (AvgIpc) is 2.82. The van der Waals surface area contributed by atoms with Gasteiger partial charge in [0, 0.05) is 19.3 Å². The molecular formula is C26H33BrN2O6S. The number of amides is 2. The minimum Gasteiger partial charge on any atom is -1.00 e. The third-order valence-corrected chi connectivity index (χ3v) is 6.03. The van der Waals surface area contributed by atoms with Crippen molar-refractivity contribution in [2.75, 3.05) is 24.9 Å². The number of alkyl carbamates (subject to hydrolysis) is 1. The van der Waals surface area contributed by atoms with Crippen LogP contribution in [0.25, 0.3) is 0 Å². The number of ether oxygens (including phenoxy) is 1. The quantitative estimate of drug-likeness (QED) is 0.256. The van der Waals surface area contributed by atoms with Gasteiger partial charge in [0.2, 0.25) is 5.91 Å². The smallest absolute Gasteiger partial charge is 0.407 e. The van der Waals surface area contributed by atoms with E-state index < -0.39 is 30.1 Å². The highest BCUT2D eigenvalue weighted by Gasteiger charge is 2.28. The number of halogens is 1. The Balaban J connectivity index is 0.00000648. The van der Waals surface area contributed by atoms with Crippen LogP contribution in [0.3, 0.4) is 0 Å². The van der Waals surface area contributed by atoms with Crippen LogP contribution < -0.4 is 27.6 Å². The molecule has 0 aromatic heterocycles. The molecule has 2 aromatic carbocycles. The minimum absolute atomic E-state index is 0. The topological polar surface area (TPSA) is 122 Å². The number of rotatable bonds is 14.